The molecule has 4 rings (SSSR count). The van der Waals surface area contributed by atoms with Crippen LogP contribution in [0.15, 0.2) is 60.7 Å². The molecule has 0 aliphatic carbocycles. The van der Waals surface area contributed by atoms with Crippen LogP contribution in [0.1, 0.15) is 18.4 Å². The zero-order chi connectivity index (χ0) is 19.2. The molecule has 7 nitrogen and oxygen atoms in total. The van der Waals surface area contributed by atoms with Gasteiger partial charge >= 0.3 is 0 Å². The van der Waals surface area contributed by atoms with Crippen molar-refractivity contribution in [3.63, 3.8) is 0 Å². The summed E-state index contributed by atoms with van der Waals surface area (Å²) >= 11 is 0. The normalized spacial score (nSPS) is 14.8. The minimum atomic E-state index is 0.0491. The molecule has 1 N–H and O–H groups in total. The molecule has 2 heterocycles. The zero-order valence-electron chi connectivity index (χ0n) is 15.7. The molecule has 144 valence electrons. The summed E-state index contributed by atoms with van der Waals surface area (Å²) in [6, 6.07) is 20.1. The molecule has 1 saturated heterocycles. The lowest BCUT2D eigenvalue weighted by molar-refractivity contribution is -0.125. The lowest BCUT2D eigenvalue weighted by Crippen LogP contribution is -2.41. The number of nitrogens with one attached hydrogen (secondary N) is 1. The van der Waals surface area contributed by atoms with Crippen molar-refractivity contribution < 1.29 is 4.79 Å². The summed E-state index contributed by atoms with van der Waals surface area (Å²) in [6.07, 6.45) is 2.47. The van der Waals surface area contributed by atoms with Gasteiger partial charge in [0.25, 0.3) is 0 Å². The van der Waals surface area contributed by atoms with Crippen LogP contribution in [0.2, 0.25) is 0 Å². The Kier molecular flexibility index (Phi) is 5.61. The average Bonchev–Trinajstić information content (AvgIpc) is 3.25. The standard InChI is InChI=1S/C21H24N6O/c28-20(22-14-11-17-7-3-1-4-8-17)18-12-15-26(16-13-18)21-23-24-25-27(21)19-9-5-2-6-10-19/h1-10,18H,11-16H2,(H,22,28). The van der Waals surface area contributed by atoms with Crippen LogP contribution < -0.4 is 10.2 Å². The number of aromatic nitrogens is 4. The van der Waals surface area contributed by atoms with E-state index in [1.807, 2.05) is 48.5 Å². The molecular formula is C21H24N6O. The van der Waals surface area contributed by atoms with Gasteiger partial charge in [-0.25, -0.2) is 0 Å². The van der Waals surface area contributed by atoms with E-state index in [0.717, 1.165) is 44.0 Å². The Labute approximate surface area is 164 Å². The third-order valence-electron chi connectivity index (χ3n) is 5.16. The van der Waals surface area contributed by atoms with Crippen molar-refractivity contribution >= 4 is 11.9 Å². The summed E-state index contributed by atoms with van der Waals surface area (Å²) in [5.74, 6) is 0.931. The zero-order valence-corrected chi connectivity index (χ0v) is 15.7. The summed E-state index contributed by atoms with van der Waals surface area (Å²) < 4.78 is 1.75. The summed E-state index contributed by atoms with van der Waals surface area (Å²) in [4.78, 5) is 14.6. The van der Waals surface area contributed by atoms with E-state index in [4.69, 9.17) is 0 Å². The predicted octanol–water partition coefficient (Wildman–Crippen LogP) is 2.24. The van der Waals surface area contributed by atoms with Crippen LogP contribution >= 0.6 is 0 Å². The van der Waals surface area contributed by atoms with Gasteiger partial charge in [-0.3, -0.25) is 4.79 Å². The molecule has 2 aromatic carbocycles. The number of hydrogen-bond acceptors (Lipinski definition) is 5. The maximum absolute atomic E-state index is 12.5. The molecular weight excluding hydrogens is 352 g/mol. The Morgan fingerprint density at radius 3 is 2.39 bits per heavy atom. The molecule has 1 aliphatic rings. The number of para-hydroxylation sites is 1. The molecule has 1 amide bonds. The Balaban J connectivity index is 1.29. The van der Waals surface area contributed by atoms with Gasteiger partial charge in [-0.15, -0.1) is 0 Å². The van der Waals surface area contributed by atoms with Gasteiger partial charge in [0.1, 0.15) is 0 Å². The molecule has 0 radical (unpaired) electrons. The highest BCUT2D eigenvalue weighted by Gasteiger charge is 2.27. The van der Waals surface area contributed by atoms with Crippen molar-refractivity contribution in [3.8, 4) is 5.69 Å². The largest absolute Gasteiger partial charge is 0.356 e. The second-order valence-corrected chi connectivity index (χ2v) is 7.01. The van der Waals surface area contributed by atoms with Crippen molar-refractivity contribution in [2.45, 2.75) is 19.3 Å². The molecule has 7 heteroatoms. The van der Waals surface area contributed by atoms with Crippen molar-refractivity contribution in [1.29, 1.82) is 0 Å². The maximum Gasteiger partial charge on any atom is 0.250 e. The number of carbonyl (C=O) groups excluding carboxylic acids is 1. The van der Waals surface area contributed by atoms with Gasteiger partial charge < -0.3 is 10.2 Å². The first-order valence-corrected chi connectivity index (χ1v) is 9.71. The Morgan fingerprint density at radius 1 is 1.00 bits per heavy atom. The van der Waals surface area contributed by atoms with E-state index in [1.165, 1.54) is 5.56 Å². The molecule has 3 aromatic rings. The fourth-order valence-electron chi connectivity index (χ4n) is 3.58. The topological polar surface area (TPSA) is 75.9 Å². The SMILES string of the molecule is O=C(NCCc1ccccc1)C1CCN(c2nnnn2-c2ccccc2)CC1. The van der Waals surface area contributed by atoms with Crippen molar-refractivity contribution in [1.82, 2.24) is 25.5 Å². The maximum atomic E-state index is 12.5. The Hall–Kier alpha value is -3.22. The highest BCUT2D eigenvalue weighted by atomic mass is 16.1. The fraction of sp³-hybridized carbons (Fsp3) is 0.333. The van der Waals surface area contributed by atoms with Gasteiger partial charge in [0, 0.05) is 25.6 Å². The highest BCUT2D eigenvalue weighted by Crippen LogP contribution is 2.23. The van der Waals surface area contributed by atoms with Gasteiger partial charge in [-0.1, -0.05) is 53.6 Å². The number of hydrogen-bond donors (Lipinski definition) is 1. The predicted molar refractivity (Wildman–Crippen MR) is 107 cm³/mol. The monoisotopic (exact) mass is 376 g/mol. The lowest BCUT2D eigenvalue weighted by Gasteiger charge is -2.31. The second-order valence-electron chi connectivity index (χ2n) is 7.01. The molecule has 1 fully saturated rings. The lowest BCUT2D eigenvalue weighted by atomic mass is 9.96. The number of rotatable bonds is 6. The van der Waals surface area contributed by atoms with Crippen molar-refractivity contribution in [3.05, 3.63) is 66.2 Å². The first-order valence-electron chi connectivity index (χ1n) is 9.71. The Morgan fingerprint density at radius 2 is 1.68 bits per heavy atom. The van der Waals surface area contributed by atoms with Gasteiger partial charge in [0.15, 0.2) is 0 Å². The van der Waals surface area contributed by atoms with E-state index < -0.39 is 0 Å². The van der Waals surface area contributed by atoms with Gasteiger partial charge in [0.2, 0.25) is 11.9 Å². The van der Waals surface area contributed by atoms with E-state index in [9.17, 15) is 4.79 Å². The van der Waals surface area contributed by atoms with Crippen molar-refractivity contribution in [2.75, 3.05) is 24.5 Å². The van der Waals surface area contributed by atoms with Crippen LogP contribution in [-0.4, -0.2) is 45.7 Å². The molecule has 0 bridgehead atoms. The quantitative estimate of drug-likeness (QED) is 0.714. The van der Waals surface area contributed by atoms with Crippen LogP contribution in [-0.2, 0) is 11.2 Å². The summed E-state index contributed by atoms with van der Waals surface area (Å²) in [5, 5.41) is 15.2. The average molecular weight is 376 g/mol. The third-order valence-corrected chi connectivity index (χ3v) is 5.16. The molecule has 28 heavy (non-hydrogen) atoms. The first-order chi connectivity index (χ1) is 13.8. The number of amides is 1. The Bertz CT molecular complexity index is 888. The summed E-state index contributed by atoms with van der Waals surface area (Å²) in [6.45, 7) is 2.21. The second kappa shape index (κ2) is 8.65. The number of anilines is 1. The minimum absolute atomic E-state index is 0.0491. The molecule has 0 unspecified atom stereocenters. The van der Waals surface area contributed by atoms with E-state index in [2.05, 4.69) is 37.9 Å². The molecule has 1 aromatic heterocycles. The van der Waals surface area contributed by atoms with Crippen LogP contribution in [0.4, 0.5) is 5.95 Å². The fourth-order valence-corrected chi connectivity index (χ4v) is 3.58. The van der Waals surface area contributed by atoms with Crippen LogP contribution in [0.5, 0.6) is 0 Å². The number of benzene rings is 2. The van der Waals surface area contributed by atoms with Crippen molar-refractivity contribution in [2.24, 2.45) is 5.92 Å². The van der Waals surface area contributed by atoms with E-state index in [1.54, 1.807) is 4.68 Å². The molecule has 0 saturated carbocycles. The number of carbonyl (C=O) groups is 1. The highest BCUT2D eigenvalue weighted by molar-refractivity contribution is 5.78. The van der Waals surface area contributed by atoms with Gasteiger partial charge in [0.05, 0.1) is 5.69 Å². The van der Waals surface area contributed by atoms with E-state index in [0.29, 0.717) is 6.54 Å². The third kappa shape index (κ3) is 4.19. The molecule has 1 aliphatic heterocycles. The van der Waals surface area contributed by atoms with Crippen LogP contribution in [0.3, 0.4) is 0 Å². The minimum Gasteiger partial charge on any atom is -0.356 e. The summed E-state index contributed by atoms with van der Waals surface area (Å²) in [5.41, 5.74) is 2.17. The molecule has 0 atom stereocenters. The smallest absolute Gasteiger partial charge is 0.250 e. The van der Waals surface area contributed by atoms with E-state index in [-0.39, 0.29) is 11.8 Å². The van der Waals surface area contributed by atoms with Crippen LogP contribution in [0, 0.1) is 5.92 Å². The summed E-state index contributed by atoms with van der Waals surface area (Å²) in [7, 11) is 0. The number of tetrazole rings is 1. The van der Waals surface area contributed by atoms with E-state index >= 15 is 0 Å². The molecule has 0 spiro atoms. The van der Waals surface area contributed by atoms with Gasteiger partial charge in [-0.2, -0.15) is 4.68 Å². The van der Waals surface area contributed by atoms with Crippen LogP contribution in [0.25, 0.3) is 5.69 Å². The number of nitrogens with zero attached hydrogens (tertiary/aromatic N) is 5. The van der Waals surface area contributed by atoms with Gasteiger partial charge in [-0.05, 0) is 47.4 Å². The number of piperidine rings is 1. The first kappa shape index (κ1) is 18.2.